The van der Waals surface area contributed by atoms with Gasteiger partial charge >= 0.3 is 17.9 Å². The van der Waals surface area contributed by atoms with Crippen molar-refractivity contribution in [2.24, 2.45) is 0 Å². The van der Waals surface area contributed by atoms with Gasteiger partial charge in [-0.15, -0.1) is 0 Å². The smallest absolute Gasteiger partial charge is 0.306 e. The number of esters is 3. The van der Waals surface area contributed by atoms with Crippen LogP contribution in [0.1, 0.15) is 361 Å². The molecule has 454 valence electrons. The van der Waals surface area contributed by atoms with E-state index < -0.39 is 6.10 Å². The Bertz CT molecular complexity index is 1390. The van der Waals surface area contributed by atoms with E-state index in [1.807, 2.05) is 0 Å². The summed E-state index contributed by atoms with van der Waals surface area (Å²) < 4.78 is 17.0. The molecular weight excluding hydrogens is 961 g/mol. The van der Waals surface area contributed by atoms with Gasteiger partial charge in [-0.25, -0.2) is 0 Å². The molecule has 6 nitrogen and oxygen atoms in total. The van der Waals surface area contributed by atoms with Crippen LogP contribution in [0.5, 0.6) is 0 Å². The third kappa shape index (κ3) is 63.9. The lowest BCUT2D eigenvalue weighted by Crippen LogP contribution is -2.30. The summed E-state index contributed by atoms with van der Waals surface area (Å²) in [6, 6.07) is 0. The molecule has 0 aliphatic carbocycles. The zero-order valence-corrected chi connectivity index (χ0v) is 52.2. The standard InChI is InChI=1S/C72H130O6/c1-4-7-10-13-16-19-22-25-28-31-34-35-36-39-41-44-47-50-53-56-59-62-65-71(74)77-68-69(78-72(75)66-63-60-57-54-51-48-45-42-38-33-30-27-24-21-18-15-12-9-6-3)67-76-70(73)64-61-58-55-52-49-46-43-40-37-32-29-26-23-20-17-14-11-8-5-2/h9,12,18,21,26-27,29-30,38,42,69H,4-8,10-11,13-17,19-20,22-25,28,31-37,39-41,43-68H2,1-3H3/b12-9-,21-18-,29-26-,30-27-,42-38-. The molecule has 0 heterocycles. The number of allylic oxidation sites excluding steroid dienone is 10. The number of carbonyl (C=O) groups is 3. The van der Waals surface area contributed by atoms with Crippen molar-refractivity contribution in [3.8, 4) is 0 Å². The van der Waals surface area contributed by atoms with Gasteiger partial charge in [-0.1, -0.05) is 319 Å². The monoisotopic (exact) mass is 1090 g/mol. The third-order valence-electron chi connectivity index (χ3n) is 15.3. The number of rotatable bonds is 63. The summed E-state index contributed by atoms with van der Waals surface area (Å²) in [7, 11) is 0. The van der Waals surface area contributed by atoms with Gasteiger partial charge in [0.15, 0.2) is 6.10 Å². The number of unbranched alkanes of at least 4 members (excludes halogenated alkanes) is 42. The molecule has 0 rings (SSSR count). The van der Waals surface area contributed by atoms with E-state index in [0.29, 0.717) is 19.3 Å². The van der Waals surface area contributed by atoms with E-state index in [1.54, 1.807) is 0 Å². The molecule has 0 radical (unpaired) electrons. The Kier molecular flexibility index (Phi) is 64.2. The van der Waals surface area contributed by atoms with E-state index in [2.05, 4.69) is 81.5 Å². The van der Waals surface area contributed by atoms with E-state index in [4.69, 9.17) is 14.2 Å². The van der Waals surface area contributed by atoms with Crippen molar-refractivity contribution in [1.29, 1.82) is 0 Å². The minimum atomic E-state index is -0.783. The molecule has 1 atom stereocenters. The first-order valence-electron chi connectivity index (χ1n) is 34.3. The van der Waals surface area contributed by atoms with Gasteiger partial charge in [0.1, 0.15) is 13.2 Å². The number of hydrogen-bond donors (Lipinski definition) is 0. The van der Waals surface area contributed by atoms with Crippen molar-refractivity contribution in [3.63, 3.8) is 0 Å². The maximum atomic E-state index is 12.9. The summed E-state index contributed by atoms with van der Waals surface area (Å²) in [6.45, 7) is 6.57. The average molecular weight is 1090 g/mol. The number of hydrogen-bond acceptors (Lipinski definition) is 6. The van der Waals surface area contributed by atoms with Gasteiger partial charge in [0.05, 0.1) is 0 Å². The van der Waals surface area contributed by atoms with Crippen LogP contribution in [0.2, 0.25) is 0 Å². The van der Waals surface area contributed by atoms with Crippen LogP contribution in [0.15, 0.2) is 60.8 Å². The average Bonchev–Trinajstić information content (AvgIpc) is 3.44. The number of carbonyl (C=O) groups excluding carboxylic acids is 3. The van der Waals surface area contributed by atoms with E-state index >= 15 is 0 Å². The summed E-state index contributed by atoms with van der Waals surface area (Å²) in [6.07, 6.45) is 85.2. The van der Waals surface area contributed by atoms with E-state index in [0.717, 1.165) is 96.3 Å². The van der Waals surface area contributed by atoms with Crippen molar-refractivity contribution in [3.05, 3.63) is 60.8 Å². The molecule has 0 spiro atoms. The first-order chi connectivity index (χ1) is 38.5. The second-order valence-corrected chi connectivity index (χ2v) is 23.1. The molecule has 0 N–H and O–H groups in total. The van der Waals surface area contributed by atoms with Gasteiger partial charge in [-0.3, -0.25) is 14.4 Å². The molecule has 0 aliphatic rings. The lowest BCUT2D eigenvalue weighted by Gasteiger charge is -2.18. The Morgan fingerprint density at radius 2 is 0.500 bits per heavy atom. The fourth-order valence-corrected chi connectivity index (χ4v) is 10.1. The Labute approximate surface area is 485 Å². The molecule has 0 fully saturated rings. The van der Waals surface area contributed by atoms with Crippen molar-refractivity contribution in [2.45, 2.75) is 367 Å². The van der Waals surface area contributed by atoms with Gasteiger partial charge in [0.2, 0.25) is 0 Å². The molecule has 0 amide bonds. The highest BCUT2D eigenvalue weighted by atomic mass is 16.6. The number of ether oxygens (including phenoxy) is 3. The molecule has 0 bridgehead atoms. The summed E-state index contributed by atoms with van der Waals surface area (Å²) in [5.74, 6) is -0.870. The molecule has 0 aliphatic heterocycles. The SMILES string of the molecule is CC/C=C\C/C=C\C/C=C\C/C=C\CCCCCCCCC(=O)OC(COC(=O)CCCCCCCCCCC/C=C\CCCCCCCC)COC(=O)CCCCCCCCCCCCCCCCCCCCCCCC. The lowest BCUT2D eigenvalue weighted by molar-refractivity contribution is -0.167. The van der Waals surface area contributed by atoms with Crippen LogP contribution in [-0.4, -0.2) is 37.2 Å². The molecule has 78 heavy (non-hydrogen) atoms. The van der Waals surface area contributed by atoms with Crippen molar-refractivity contribution in [2.75, 3.05) is 13.2 Å². The second-order valence-electron chi connectivity index (χ2n) is 23.1. The molecule has 0 aromatic rings. The first-order valence-corrected chi connectivity index (χ1v) is 34.3. The van der Waals surface area contributed by atoms with Gasteiger partial charge in [0.25, 0.3) is 0 Å². The third-order valence-corrected chi connectivity index (χ3v) is 15.3. The van der Waals surface area contributed by atoms with Crippen LogP contribution in [-0.2, 0) is 28.6 Å². The van der Waals surface area contributed by atoms with Crippen molar-refractivity contribution in [1.82, 2.24) is 0 Å². The quantitative estimate of drug-likeness (QED) is 0.0261. The van der Waals surface area contributed by atoms with E-state index in [-0.39, 0.29) is 31.1 Å². The maximum absolute atomic E-state index is 12.9. The Morgan fingerprint density at radius 1 is 0.269 bits per heavy atom. The van der Waals surface area contributed by atoms with Gasteiger partial charge in [0, 0.05) is 19.3 Å². The molecule has 0 saturated heterocycles. The predicted molar refractivity (Wildman–Crippen MR) is 339 cm³/mol. The highest BCUT2D eigenvalue weighted by Gasteiger charge is 2.19. The second kappa shape index (κ2) is 66.6. The molecule has 0 saturated carbocycles. The Balaban J connectivity index is 4.35. The van der Waals surface area contributed by atoms with Gasteiger partial charge in [-0.05, 0) is 83.5 Å². The topological polar surface area (TPSA) is 78.9 Å². The maximum Gasteiger partial charge on any atom is 0.306 e. The van der Waals surface area contributed by atoms with Crippen LogP contribution < -0.4 is 0 Å². The van der Waals surface area contributed by atoms with E-state index in [1.165, 1.54) is 225 Å². The highest BCUT2D eigenvalue weighted by molar-refractivity contribution is 5.71. The Morgan fingerprint density at radius 3 is 0.795 bits per heavy atom. The summed E-state index contributed by atoms with van der Waals surface area (Å²) >= 11 is 0. The van der Waals surface area contributed by atoms with Crippen molar-refractivity contribution < 1.29 is 28.6 Å². The summed E-state index contributed by atoms with van der Waals surface area (Å²) in [4.78, 5) is 38.4. The fraction of sp³-hybridized carbons (Fsp3) is 0.819. The lowest BCUT2D eigenvalue weighted by atomic mass is 10.0. The summed E-state index contributed by atoms with van der Waals surface area (Å²) in [5, 5.41) is 0. The molecule has 0 aromatic heterocycles. The normalized spacial score (nSPS) is 12.4. The van der Waals surface area contributed by atoms with Gasteiger partial charge in [-0.2, -0.15) is 0 Å². The first kappa shape index (κ1) is 75.1. The molecule has 1 unspecified atom stereocenters. The van der Waals surface area contributed by atoms with E-state index in [9.17, 15) is 14.4 Å². The largest absolute Gasteiger partial charge is 0.462 e. The zero-order chi connectivity index (χ0) is 56.4. The predicted octanol–water partition coefficient (Wildman–Crippen LogP) is 23.5. The van der Waals surface area contributed by atoms with Crippen LogP contribution in [0.3, 0.4) is 0 Å². The van der Waals surface area contributed by atoms with Crippen LogP contribution >= 0.6 is 0 Å². The van der Waals surface area contributed by atoms with Crippen LogP contribution in [0, 0.1) is 0 Å². The zero-order valence-electron chi connectivity index (χ0n) is 52.2. The fourth-order valence-electron chi connectivity index (χ4n) is 10.1. The molecule has 0 aromatic carbocycles. The Hall–Kier alpha value is -2.89. The summed E-state index contributed by atoms with van der Waals surface area (Å²) in [5.41, 5.74) is 0. The van der Waals surface area contributed by atoms with Gasteiger partial charge < -0.3 is 14.2 Å². The minimum Gasteiger partial charge on any atom is -0.462 e. The van der Waals surface area contributed by atoms with Crippen LogP contribution in [0.25, 0.3) is 0 Å². The minimum absolute atomic E-state index is 0.0770. The van der Waals surface area contributed by atoms with Crippen molar-refractivity contribution >= 4 is 17.9 Å². The molecular formula is C72H130O6. The highest BCUT2D eigenvalue weighted by Crippen LogP contribution is 2.18. The van der Waals surface area contributed by atoms with Crippen LogP contribution in [0.4, 0.5) is 0 Å². The molecule has 6 heteroatoms.